The number of sulfonamides is 1. The van der Waals surface area contributed by atoms with Crippen molar-refractivity contribution in [1.82, 2.24) is 9.62 Å². The molecule has 8 heteroatoms. The highest BCUT2D eigenvalue weighted by Gasteiger charge is 2.27. The molecule has 1 aliphatic heterocycles. The second kappa shape index (κ2) is 9.54. The zero-order valence-corrected chi connectivity index (χ0v) is 17.7. The number of aryl methyl sites for hydroxylation is 1. The molecule has 3 rings (SSSR count). The first-order valence-electron chi connectivity index (χ1n) is 9.50. The Kier molecular flexibility index (Phi) is 7.09. The Morgan fingerprint density at radius 2 is 1.96 bits per heavy atom. The highest BCUT2D eigenvalue weighted by atomic mass is 32.2. The molecular weight excluding hydrogens is 396 g/mol. The Morgan fingerprint density at radius 3 is 2.71 bits per heavy atom. The van der Waals surface area contributed by atoms with Crippen LogP contribution in [0.3, 0.4) is 0 Å². The molecule has 0 spiro atoms. The lowest BCUT2D eigenvalue weighted by Crippen LogP contribution is -2.35. The van der Waals surface area contributed by atoms with Crippen LogP contribution in [0.25, 0.3) is 0 Å². The van der Waals surface area contributed by atoms with E-state index in [4.69, 9.17) is 4.74 Å². The third kappa shape index (κ3) is 5.56. The molecule has 1 aromatic carbocycles. The molecule has 1 aromatic heterocycles. The molecule has 2 heterocycles. The number of thiophene rings is 1. The molecule has 0 bridgehead atoms. The van der Waals surface area contributed by atoms with Crippen LogP contribution in [0, 0.1) is 6.92 Å². The number of hydrogen-bond acceptors (Lipinski definition) is 5. The first-order chi connectivity index (χ1) is 13.4. The smallest absolute Gasteiger partial charge is 0.252 e. The lowest BCUT2D eigenvalue weighted by atomic mass is 10.2. The van der Waals surface area contributed by atoms with Gasteiger partial charge in [-0.2, -0.15) is 4.31 Å². The number of carbonyl (C=O) groups is 1. The minimum atomic E-state index is -3.43. The van der Waals surface area contributed by atoms with Crippen LogP contribution >= 0.6 is 11.3 Å². The van der Waals surface area contributed by atoms with Gasteiger partial charge in [-0.25, -0.2) is 8.42 Å². The Hall–Kier alpha value is -1.90. The minimum absolute atomic E-state index is 0.142. The van der Waals surface area contributed by atoms with Gasteiger partial charge >= 0.3 is 0 Å². The summed E-state index contributed by atoms with van der Waals surface area (Å²) >= 11 is 1.18. The number of nitrogens with one attached hydrogen (secondary N) is 1. The standard InChI is InChI=1S/C20H26N2O4S2/c1-16-6-5-7-17(14-16)26-13-10-21-19(23)15-18-8-9-20(27-18)28(24,25)22-11-3-2-4-12-22/h5-9,14H,2-4,10-13,15H2,1H3,(H,21,23). The van der Waals surface area contributed by atoms with Gasteiger partial charge in [0.15, 0.2) is 0 Å². The molecule has 1 N–H and O–H groups in total. The molecule has 1 aliphatic rings. The molecule has 28 heavy (non-hydrogen) atoms. The number of piperidine rings is 1. The number of nitrogens with zero attached hydrogens (tertiary/aromatic N) is 1. The van der Waals surface area contributed by atoms with Crippen LogP contribution in [0.4, 0.5) is 0 Å². The average Bonchev–Trinajstić information content (AvgIpc) is 3.15. The molecule has 6 nitrogen and oxygen atoms in total. The predicted octanol–water partition coefficient (Wildman–Crippen LogP) is 2.97. The maximum absolute atomic E-state index is 12.7. The molecule has 0 atom stereocenters. The number of amides is 1. The zero-order valence-electron chi connectivity index (χ0n) is 16.0. The summed E-state index contributed by atoms with van der Waals surface area (Å²) in [4.78, 5) is 12.9. The molecule has 0 aliphatic carbocycles. The van der Waals surface area contributed by atoms with Gasteiger partial charge in [-0.3, -0.25) is 4.79 Å². The van der Waals surface area contributed by atoms with Gasteiger partial charge < -0.3 is 10.1 Å². The number of rotatable bonds is 8. The van der Waals surface area contributed by atoms with Gasteiger partial charge in [0.25, 0.3) is 10.0 Å². The molecule has 0 radical (unpaired) electrons. The Bertz CT molecular complexity index is 902. The van der Waals surface area contributed by atoms with Crippen molar-refractivity contribution >= 4 is 27.3 Å². The SMILES string of the molecule is Cc1cccc(OCCNC(=O)Cc2ccc(S(=O)(=O)N3CCCCC3)s2)c1. The molecule has 2 aromatic rings. The summed E-state index contributed by atoms with van der Waals surface area (Å²) in [5.41, 5.74) is 1.12. The predicted molar refractivity (Wildman–Crippen MR) is 110 cm³/mol. The Labute approximate surface area is 170 Å². The van der Waals surface area contributed by atoms with Crippen LogP contribution in [-0.4, -0.2) is 44.9 Å². The van der Waals surface area contributed by atoms with E-state index in [1.165, 1.54) is 11.3 Å². The van der Waals surface area contributed by atoms with Crippen molar-refractivity contribution in [1.29, 1.82) is 0 Å². The van der Waals surface area contributed by atoms with Crippen LogP contribution in [0.2, 0.25) is 0 Å². The van der Waals surface area contributed by atoms with E-state index in [0.29, 0.717) is 30.5 Å². The van der Waals surface area contributed by atoms with E-state index in [0.717, 1.165) is 35.5 Å². The topological polar surface area (TPSA) is 75.7 Å². The summed E-state index contributed by atoms with van der Waals surface area (Å²) in [6, 6.07) is 11.1. The average molecular weight is 423 g/mol. The maximum Gasteiger partial charge on any atom is 0.252 e. The van der Waals surface area contributed by atoms with Crippen LogP contribution in [0.15, 0.2) is 40.6 Å². The fourth-order valence-electron chi connectivity index (χ4n) is 3.11. The monoisotopic (exact) mass is 422 g/mol. The van der Waals surface area contributed by atoms with Gasteiger partial charge in [-0.1, -0.05) is 18.6 Å². The third-order valence-corrected chi connectivity index (χ3v) is 8.01. The maximum atomic E-state index is 12.7. The number of benzene rings is 1. The molecule has 1 saturated heterocycles. The largest absolute Gasteiger partial charge is 0.492 e. The fourth-order valence-corrected chi connectivity index (χ4v) is 6.14. The van der Waals surface area contributed by atoms with Crippen LogP contribution < -0.4 is 10.1 Å². The van der Waals surface area contributed by atoms with E-state index in [9.17, 15) is 13.2 Å². The van der Waals surface area contributed by atoms with Crippen molar-refractivity contribution in [3.63, 3.8) is 0 Å². The second-order valence-electron chi connectivity index (χ2n) is 6.88. The summed E-state index contributed by atoms with van der Waals surface area (Å²) in [5, 5.41) is 2.81. The number of ether oxygens (including phenoxy) is 1. The van der Waals surface area contributed by atoms with Gasteiger partial charge in [0.2, 0.25) is 5.91 Å². The quantitative estimate of drug-likeness (QED) is 0.664. The van der Waals surface area contributed by atoms with Crippen LogP contribution in [0.1, 0.15) is 29.7 Å². The fraction of sp³-hybridized carbons (Fsp3) is 0.450. The first-order valence-corrected chi connectivity index (χ1v) is 11.8. The van der Waals surface area contributed by atoms with Crippen molar-refractivity contribution < 1.29 is 17.9 Å². The lowest BCUT2D eigenvalue weighted by molar-refractivity contribution is -0.120. The van der Waals surface area contributed by atoms with Gasteiger partial charge in [-0.15, -0.1) is 11.3 Å². The summed E-state index contributed by atoms with van der Waals surface area (Å²) < 4.78 is 32.8. The molecule has 0 saturated carbocycles. The molecule has 152 valence electrons. The van der Waals surface area contributed by atoms with Gasteiger partial charge in [0.05, 0.1) is 13.0 Å². The highest BCUT2D eigenvalue weighted by Crippen LogP contribution is 2.27. The van der Waals surface area contributed by atoms with Crippen molar-refractivity contribution in [3.8, 4) is 5.75 Å². The molecule has 0 unspecified atom stereocenters. The van der Waals surface area contributed by atoms with E-state index in [-0.39, 0.29) is 12.3 Å². The van der Waals surface area contributed by atoms with Gasteiger partial charge in [0, 0.05) is 18.0 Å². The van der Waals surface area contributed by atoms with E-state index in [2.05, 4.69) is 5.32 Å². The molecule has 1 fully saturated rings. The van der Waals surface area contributed by atoms with Crippen molar-refractivity contribution in [2.75, 3.05) is 26.2 Å². The Balaban J connectivity index is 1.46. The van der Waals surface area contributed by atoms with Crippen molar-refractivity contribution in [2.45, 2.75) is 36.8 Å². The van der Waals surface area contributed by atoms with Crippen LogP contribution in [-0.2, 0) is 21.2 Å². The highest BCUT2D eigenvalue weighted by molar-refractivity contribution is 7.91. The van der Waals surface area contributed by atoms with E-state index < -0.39 is 10.0 Å². The van der Waals surface area contributed by atoms with E-state index in [1.54, 1.807) is 16.4 Å². The van der Waals surface area contributed by atoms with Crippen molar-refractivity contribution in [2.24, 2.45) is 0 Å². The molecule has 1 amide bonds. The van der Waals surface area contributed by atoms with E-state index in [1.807, 2.05) is 31.2 Å². The van der Waals surface area contributed by atoms with E-state index >= 15 is 0 Å². The summed E-state index contributed by atoms with van der Waals surface area (Å²) in [5.74, 6) is 0.636. The Morgan fingerprint density at radius 1 is 1.18 bits per heavy atom. The summed E-state index contributed by atoms with van der Waals surface area (Å²) in [6.45, 7) is 3.94. The van der Waals surface area contributed by atoms with Crippen LogP contribution in [0.5, 0.6) is 5.75 Å². The van der Waals surface area contributed by atoms with Gasteiger partial charge in [-0.05, 0) is 49.6 Å². The number of carbonyl (C=O) groups excluding carboxylic acids is 1. The van der Waals surface area contributed by atoms with Crippen molar-refractivity contribution in [3.05, 3.63) is 46.8 Å². The normalized spacial score (nSPS) is 15.3. The second-order valence-corrected chi connectivity index (χ2v) is 10.2. The summed E-state index contributed by atoms with van der Waals surface area (Å²) in [7, 11) is -3.43. The zero-order chi connectivity index (χ0) is 20.0. The molecular formula is C20H26N2O4S2. The lowest BCUT2D eigenvalue weighted by Gasteiger charge is -2.25. The summed E-state index contributed by atoms with van der Waals surface area (Å²) in [6.07, 6.45) is 3.06. The number of hydrogen-bond donors (Lipinski definition) is 1. The van der Waals surface area contributed by atoms with Gasteiger partial charge in [0.1, 0.15) is 16.6 Å². The first kappa shape index (κ1) is 20.8. The minimum Gasteiger partial charge on any atom is -0.492 e. The third-order valence-electron chi connectivity index (χ3n) is 4.56.